The van der Waals surface area contributed by atoms with Crippen molar-refractivity contribution in [3.05, 3.63) is 34.9 Å². The van der Waals surface area contributed by atoms with Gasteiger partial charge in [0.2, 0.25) is 0 Å². The van der Waals surface area contributed by atoms with Gasteiger partial charge in [0.25, 0.3) is 0 Å². The van der Waals surface area contributed by atoms with Crippen LogP contribution in [0.4, 0.5) is 0 Å². The van der Waals surface area contributed by atoms with Crippen LogP contribution in [0, 0.1) is 11.3 Å². The van der Waals surface area contributed by atoms with Crippen LogP contribution in [0.25, 0.3) is 0 Å². The monoisotopic (exact) mass is 223 g/mol. The second-order valence-corrected chi connectivity index (χ2v) is 4.24. The minimum atomic E-state index is 0.0296. The topological polar surface area (TPSA) is 48.2 Å². The van der Waals surface area contributed by atoms with E-state index in [1.807, 2.05) is 30.3 Å². The first-order chi connectivity index (χ1) is 6.79. The summed E-state index contributed by atoms with van der Waals surface area (Å²) < 4.78 is 0. The number of hydrogen-bond acceptors (Lipinski definition) is 4. The molecule has 2 rings (SSSR count). The molecule has 1 N–H and O–H groups in total. The molecule has 1 atom stereocenters. The van der Waals surface area contributed by atoms with E-state index in [0.29, 0.717) is 10.1 Å². The molecule has 1 unspecified atom stereocenters. The number of halogens is 1. The molecule has 0 saturated carbocycles. The van der Waals surface area contributed by atoms with Gasteiger partial charge in [-0.15, -0.1) is 0 Å². The zero-order valence-electron chi connectivity index (χ0n) is 7.07. The predicted octanol–water partition coefficient (Wildman–Crippen LogP) is 2.51. The summed E-state index contributed by atoms with van der Waals surface area (Å²) in [4.78, 5) is 0. The van der Waals surface area contributed by atoms with E-state index in [-0.39, 0.29) is 5.37 Å². The van der Waals surface area contributed by atoms with Crippen LogP contribution in [0.2, 0.25) is 5.02 Å². The number of nitrogens with one attached hydrogen (secondary N) is 1. The number of rotatable bonds is 1. The Morgan fingerprint density at radius 1 is 1.43 bits per heavy atom. The average molecular weight is 224 g/mol. The molecule has 3 nitrogen and oxygen atoms in total. The van der Waals surface area contributed by atoms with E-state index >= 15 is 0 Å². The lowest BCUT2D eigenvalue weighted by molar-refractivity contribution is 0.744. The van der Waals surface area contributed by atoms with Crippen molar-refractivity contribution in [2.45, 2.75) is 5.37 Å². The summed E-state index contributed by atoms with van der Waals surface area (Å²) in [5, 5.41) is 13.7. The summed E-state index contributed by atoms with van der Waals surface area (Å²) in [5.41, 5.74) is 3.94. The summed E-state index contributed by atoms with van der Waals surface area (Å²) >= 11 is 7.17. The van der Waals surface area contributed by atoms with Gasteiger partial charge < -0.3 is 0 Å². The van der Waals surface area contributed by atoms with Crippen LogP contribution in [-0.4, -0.2) is 5.04 Å². The summed E-state index contributed by atoms with van der Waals surface area (Å²) in [6.07, 6.45) is 0. The number of hydrazone groups is 1. The van der Waals surface area contributed by atoms with E-state index in [9.17, 15) is 0 Å². The minimum absolute atomic E-state index is 0.0296. The van der Waals surface area contributed by atoms with Gasteiger partial charge >= 0.3 is 0 Å². The molecule has 1 aromatic carbocycles. The number of thioether (sulfide) groups is 1. The number of hydrogen-bond donors (Lipinski definition) is 1. The zero-order valence-corrected chi connectivity index (χ0v) is 8.64. The maximum absolute atomic E-state index is 8.61. The van der Waals surface area contributed by atoms with Gasteiger partial charge in [-0.3, -0.25) is 5.43 Å². The van der Waals surface area contributed by atoms with Gasteiger partial charge in [0.1, 0.15) is 11.4 Å². The smallest absolute Gasteiger partial charge is 0.195 e. The highest BCUT2D eigenvalue weighted by Crippen LogP contribution is 2.31. The zero-order chi connectivity index (χ0) is 9.97. The van der Waals surface area contributed by atoms with Crippen molar-refractivity contribution in [3.63, 3.8) is 0 Å². The third-order valence-electron chi connectivity index (χ3n) is 1.78. The van der Waals surface area contributed by atoms with Gasteiger partial charge in [0.05, 0.1) is 0 Å². The largest absolute Gasteiger partial charge is 0.290 e. The molecule has 1 aliphatic rings. The maximum Gasteiger partial charge on any atom is 0.195 e. The van der Waals surface area contributed by atoms with Crippen molar-refractivity contribution in [2.75, 3.05) is 0 Å². The van der Waals surface area contributed by atoms with Crippen molar-refractivity contribution >= 4 is 28.4 Å². The molecule has 1 aliphatic heterocycles. The Balaban J connectivity index is 2.13. The van der Waals surface area contributed by atoms with E-state index in [4.69, 9.17) is 16.9 Å². The predicted molar refractivity (Wildman–Crippen MR) is 58.0 cm³/mol. The fourth-order valence-corrected chi connectivity index (χ4v) is 2.02. The van der Waals surface area contributed by atoms with Gasteiger partial charge in [0.15, 0.2) is 5.04 Å². The fourth-order valence-electron chi connectivity index (χ4n) is 1.11. The Morgan fingerprint density at radius 3 is 2.71 bits per heavy atom. The van der Waals surface area contributed by atoms with Gasteiger partial charge in [0, 0.05) is 5.02 Å². The van der Waals surface area contributed by atoms with Crippen LogP contribution in [0.3, 0.4) is 0 Å². The van der Waals surface area contributed by atoms with Gasteiger partial charge in [-0.25, -0.2) is 0 Å². The molecule has 0 bridgehead atoms. The molecular weight excluding hydrogens is 218 g/mol. The van der Waals surface area contributed by atoms with Crippen LogP contribution < -0.4 is 5.43 Å². The van der Waals surface area contributed by atoms with Crippen LogP contribution in [0.5, 0.6) is 0 Å². The summed E-state index contributed by atoms with van der Waals surface area (Å²) in [6, 6.07) is 9.48. The van der Waals surface area contributed by atoms with E-state index in [1.165, 1.54) is 11.8 Å². The lowest BCUT2D eigenvalue weighted by Gasteiger charge is -2.08. The Bertz CT molecular complexity index is 407. The van der Waals surface area contributed by atoms with Crippen LogP contribution >= 0.6 is 23.4 Å². The lowest BCUT2D eigenvalue weighted by atomic mass is 10.2. The molecule has 0 saturated heterocycles. The van der Waals surface area contributed by atoms with Crippen molar-refractivity contribution < 1.29 is 0 Å². The molecule has 0 amide bonds. The number of nitrogens with zero attached hydrogens (tertiary/aromatic N) is 2. The van der Waals surface area contributed by atoms with Crippen molar-refractivity contribution in [1.29, 1.82) is 5.26 Å². The summed E-state index contributed by atoms with van der Waals surface area (Å²) in [6.45, 7) is 0. The second kappa shape index (κ2) is 3.91. The Kier molecular flexibility index (Phi) is 2.62. The first-order valence-electron chi connectivity index (χ1n) is 3.95. The van der Waals surface area contributed by atoms with E-state index in [2.05, 4.69) is 10.5 Å². The summed E-state index contributed by atoms with van der Waals surface area (Å²) in [7, 11) is 0. The molecular formula is C9H6ClN3S. The molecule has 0 fully saturated rings. The third-order valence-corrected chi connectivity index (χ3v) is 3.05. The first-order valence-corrected chi connectivity index (χ1v) is 5.21. The molecule has 0 spiro atoms. The van der Waals surface area contributed by atoms with Crippen molar-refractivity contribution in [2.24, 2.45) is 5.10 Å². The molecule has 0 aromatic heterocycles. The quantitative estimate of drug-likeness (QED) is 0.796. The number of benzene rings is 1. The van der Waals surface area contributed by atoms with Gasteiger partial charge in [-0.1, -0.05) is 35.5 Å². The minimum Gasteiger partial charge on any atom is -0.290 e. The van der Waals surface area contributed by atoms with Gasteiger partial charge in [-0.05, 0) is 17.7 Å². The molecule has 1 heterocycles. The van der Waals surface area contributed by atoms with E-state index in [1.54, 1.807) is 0 Å². The SMILES string of the molecule is N#CC1=NNC(c2ccc(Cl)cc2)S1. The standard InChI is InChI=1S/C9H6ClN3S/c10-7-3-1-6(2-4-7)9-13-12-8(5-11)14-9/h1-4,9,13H. The van der Waals surface area contributed by atoms with Crippen molar-refractivity contribution in [3.8, 4) is 6.07 Å². The maximum atomic E-state index is 8.61. The Labute approximate surface area is 90.8 Å². The van der Waals surface area contributed by atoms with Crippen LogP contribution in [0.15, 0.2) is 29.4 Å². The molecule has 1 aromatic rings. The highest BCUT2D eigenvalue weighted by molar-refractivity contribution is 8.14. The molecule has 0 radical (unpaired) electrons. The second-order valence-electron chi connectivity index (χ2n) is 2.71. The van der Waals surface area contributed by atoms with E-state index < -0.39 is 0 Å². The van der Waals surface area contributed by atoms with Crippen LogP contribution in [0.1, 0.15) is 10.9 Å². The molecule has 5 heteroatoms. The van der Waals surface area contributed by atoms with E-state index in [0.717, 1.165) is 5.56 Å². The molecule has 0 aliphatic carbocycles. The highest BCUT2D eigenvalue weighted by atomic mass is 35.5. The first kappa shape index (κ1) is 9.38. The van der Waals surface area contributed by atoms with Crippen molar-refractivity contribution in [1.82, 2.24) is 5.43 Å². The highest BCUT2D eigenvalue weighted by Gasteiger charge is 2.20. The normalized spacial score (nSPS) is 19.7. The van der Waals surface area contributed by atoms with Gasteiger partial charge in [-0.2, -0.15) is 10.4 Å². The Morgan fingerprint density at radius 2 is 2.14 bits per heavy atom. The Hall–Kier alpha value is -1.18. The molecule has 70 valence electrons. The fraction of sp³-hybridized carbons (Fsp3) is 0.111. The molecule has 14 heavy (non-hydrogen) atoms. The summed E-state index contributed by atoms with van der Waals surface area (Å²) in [5.74, 6) is 0. The van der Waals surface area contributed by atoms with Crippen LogP contribution in [-0.2, 0) is 0 Å². The number of nitriles is 1. The third kappa shape index (κ3) is 1.84. The average Bonchev–Trinajstić information content (AvgIpc) is 2.67. The lowest BCUT2D eigenvalue weighted by Crippen LogP contribution is -2.06.